The molecular formula is C13H17N3. The van der Waals surface area contributed by atoms with E-state index in [9.17, 15) is 0 Å². The molecule has 1 fully saturated rings. The van der Waals surface area contributed by atoms with E-state index in [0.29, 0.717) is 0 Å². The summed E-state index contributed by atoms with van der Waals surface area (Å²) < 4.78 is 0. The lowest BCUT2D eigenvalue weighted by atomic mass is 10.1. The van der Waals surface area contributed by atoms with Gasteiger partial charge in [-0.2, -0.15) is 0 Å². The summed E-state index contributed by atoms with van der Waals surface area (Å²) in [5, 5.41) is 1.22. The van der Waals surface area contributed by atoms with Crippen molar-refractivity contribution in [2.24, 2.45) is 0 Å². The molecule has 0 aromatic carbocycles. The fraction of sp³-hybridized carbons (Fsp3) is 0.462. The van der Waals surface area contributed by atoms with E-state index in [2.05, 4.69) is 27.0 Å². The molecule has 84 valence electrons. The fourth-order valence-electron chi connectivity index (χ4n) is 2.46. The van der Waals surface area contributed by atoms with E-state index in [1.165, 1.54) is 43.4 Å². The lowest BCUT2D eigenvalue weighted by molar-refractivity contribution is 0.219. The summed E-state index contributed by atoms with van der Waals surface area (Å²) in [5.41, 5.74) is 2.30. The van der Waals surface area contributed by atoms with E-state index in [-0.39, 0.29) is 0 Å². The fourth-order valence-corrected chi connectivity index (χ4v) is 2.46. The highest BCUT2D eigenvalue weighted by atomic mass is 15.1. The summed E-state index contributed by atoms with van der Waals surface area (Å²) in [4.78, 5) is 10.2. The third-order valence-electron chi connectivity index (χ3n) is 3.29. The number of fused-ring (bicyclic) bond motifs is 1. The summed E-state index contributed by atoms with van der Waals surface area (Å²) >= 11 is 0. The molecule has 0 saturated carbocycles. The third-order valence-corrected chi connectivity index (χ3v) is 3.29. The summed E-state index contributed by atoms with van der Waals surface area (Å²) in [6.45, 7) is 3.52. The number of hydrogen-bond donors (Lipinski definition) is 1. The van der Waals surface area contributed by atoms with Crippen LogP contribution in [0, 0.1) is 0 Å². The SMILES string of the molecule is c1cnc2[nH]c(CN3CCCCC3)cc2c1. The Kier molecular flexibility index (Phi) is 2.62. The van der Waals surface area contributed by atoms with Crippen LogP contribution in [0.3, 0.4) is 0 Å². The number of nitrogens with one attached hydrogen (secondary N) is 1. The molecule has 0 spiro atoms. The maximum absolute atomic E-state index is 4.32. The number of pyridine rings is 1. The predicted molar refractivity (Wildman–Crippen MR) is 65.2 cm³/mol. The van der Waals surface area contributed by atoms with Gasteiger partial charge in [-0.25, -0.2) is 4.98 Å². The minimum Gasteiger partial charge on any atom is -0.342 e. The van der Waals surface area contributed by atoms with Crippen molar-refractivity contribution in [2.75, 3.05) is 13.1 Å². The molecule has 16 heavy (non-hydrogen) atoms. The van der Waals surface area contributed by atoms with Gasteiger partial charge in [0, 0.05) is 23.8 Å². The number of hydrogen-bond acceptors (Lipinski definition) is 2. The van der Waals surface area contributed by atoms with E-state index in [4.69, 9.17) is 0 Å². The second-order valence-electron chi connectivity index (χ2n) is 4.57. The monoisotopic (exact) mass is 215 g/mol. The van der Waals surface area contributed by atoms with Crippen molar-refractivity contribution in [2.45, 2.75) is 25.8 Å². The molecule has 0 aliphatic carbocycles. The van der Waals surface area contributed by atoms with Gasteiger partial charge in [0.05, 0.1) is 0 Å². The Morgan fingerprint density at radius 3 is 2.94 bits per heavy atom. The normalized spacial score (nSPS) is 18.0. The Balaban J connectivity index is 1.78. The Morgan fingerprint density at radius 1 is 1.25 bits per heavy atom. The van der Waals surface area contributed by atoms with Gasteiger partial charge in [-0.05, 0) is 44.1 Å². The van der Waals surface area contributed by atoms with Crippen LogP contribution >= 0.6 is 0 Å². The number of aromatic nitrogens is 2. The van der Waals surface area contributed by atoms with Gasteiger partial charge in [-0.15, -0.1) is 0 Å². The van der Waals surface area contributed by atoms with Gasteiger partial charge in [0.1, 0.15) is 5.65 Å². The molecule has 0 radical (unpaired) electrons. The molecule has 0 atom stereocenters. The average molecular weight is 215 g/mol. The van der Waals surface area contributed by atoms with Gasteiger partial charge in [-0.1, -0.05) is 6.42 Å². The van der Waals surface area contributed by atoms with Crippen LogP contribution in [0.2, 0.25) is 0 Å². The smallest absolute Gasteiger partial charge is 0.137 e. The summed E-state index contributed by atoms with van der Waals surface area (Å²) in [6.07, 6.45) is 5.92. The van der Waals surface area contributed by atoms with Crippen molar-refractivity contribution < 1.29 is 0 Å². The first kappa shape index (κ1) is 9.85. The summed E-state index contributed by atoms with van der Waals surface area (Å²) in [7, 11) is 0. The second kappa shape index (κ2) is 4.26. The maximum Gasteiger partial charge on any atom is 0.137 e. The van der Waals surface area contributed by atoms with Crippen LogP contribution in [-0.2, 0) is 6.54 Å². The van der Waals surface area contributed by atoms with Crippen LogP contribution in [0.15, 0.2) is 24.4 Å². The Hall–Kier alpha value is -1.35. The van der Waals surface area contributed by atoms with E-state index in [1.54, 1.807) is 0 Å². The quantitative estimate of drug-likeness (QED) is 0.835. The van der Waals surface area contributed by atoms with E-state index in [0.717, 1.165) is 12.2 Å². The number of H-pyrrole nitrogens is 1. The standard InChI is InChI=1S/C13H17N3/c1-2-7-16(8-3-1)10-12-9-11-5-4-6-14-13(11)15-12/h4-6,9H,1-3,7-8,10H2,(H,14,15). The zero-order chi connectivity index (χ0) is 10.8. The molecule has 1 saturated heterocycles. The molecule has 2 aromatic rings. The maximum atomic E-state index is 4.32. The molecule has 1 aliphatic heterocycles. The van der Waals surface area contributed by atoms with Gasteiger partial charge in [0.2, 0.25) is 0 Å². The van der Waals surface area contributed by atoms with Crippen LogP contribution in [0.1, 0.15) is 25.0 Å². The van der Waals surface area contributed by atoms with Crippen molar-refractivity contribution in [3.8, 4) is 0 Å². The molecule has 1 N–H and O–H groups in total. The first-order valence-electron chi connectivity index (χ1n) is 6.07. The van der Waals surface area contributed by atoms with Crippen molar-refractivity contribution in [3.63, 3.8) is 0 Å². The zero-order valence-electron chi connectivity index (χ0n) is 9.45. The van der Waals surface area contributed by atoms with E-state index >= 15 is 0 Å². The number of aromatic amines is 1. The van der Waals surface area contributed by atoms with E-state index < -0.39 is 0 Å². The summed E-state index contributed by atoms with van der Waals surface area (Å²) in [6, 6.07) is 6.32. The van der Waals surface area contributed by atoms with Gasteiger partial charge < -0.3 is 4.98 Å². The zero-order valence-corrected chi connectivity index (χ0v) is 9.45. The van der Waals surface area contributed by atoms with Gasteiger partial charge in [-0.3, -0.25) is 4.90 Å². The Labute approximate surface area is 95.5 Å². The van der Waals surface area contributed by atoms with Crippen molar-refractivity contribution in [1.29, 1.82) is 0 Å². The average Bonchev–Trinajstić information content (AvgIpc) is 2.72. The van der Waals surface area contributed by atoms with Gasteiger partial charge >= 0.3 is 0 Å². The lowest BCUT2D eigenvalue weighted by Crippen LogP contribution is -2.29. The van der Waals surface area contributed by atoms with Crippen molar-refractivity contribution >= 4 is 11.0 Å². The largest absolute Gasteiger partial charge is 0.342 e. The van der Waals surface area contributed by atoms with Crippen molar-refractivity contribution in [1.82, 2.24) is 14.9 Å². The molecule has 3 nitrogen and oxygen atoms in total. The van der Waals surface area contributed by atoms with Crippen LogP contribution in [-0.4, -0.2) is 28.0 Å². The van der Waals surface area contributed by atoms with Crippen LogP contribution in [0.25, 0.3) is 11.0 Å². The number of likely N-dealkylation sites (tertiary alicyclic amines) is 1. The second-order valence-corrected chi connectivity index (χ2v) is 4.57. The molecule has 3 heteroatoms. The number of rotatable bonds is 2. The van der Waals surface area contributed by atoms with Gasteiger partial charge in [0.25, 0.3) is 0 Å². The summed E-state index contributed by atoms with van der Waals surface area (Å²) in [5.74, 6) is 0. The molecule has 0 amide bonds. The highest BCUT2D eigenvalue weighted by molar-refractivity contribution is 5.76. The minimum atomic E-state index is 1.01. The van der Waals surface area contributed by atoms with Crippen molar-refractivity contribution in [3.05, 3.63) is 30.1 Å². The van der Waals surface area contributed by atoms with Crippen LogP contribution in [0.4, 0.5) is 0 Å². The van der Waals surface area contributed by atoms with Gasteiger partial charge in [0.15, 0.2) is 0 Å². The molecule has 3 heterocycles. The molecule has 0 bridgehead atoms. The Bertz CT molecular complexity index is 436. The molecular weight excluding hydrogens is 198 g/mol. The number of nitrogens with zero attached hydrogens (tertiary/aromatic N) is 2. The number of piperidine rings is 1. The molecule has 0 unspecified atom stereocenters. The van der Waals surface area contributed by atoms with E-state index in [1.807, 2.05) is 12.3 Å². The Morgan fingerprint density at radius 2 is 2.12 bits per heavy atom. The van der Waals surface area contributed by atoms with Crippen LogP contribution in [0.5, 0.6) is 0 Å². The molecule has 3 rings (SSSR count). The predicted octanol–water partition coefficient (Wildman–Crippen LogP) is 2.55. The first-order valence-corrected chi connectivity index (χ1v) is 6.07. The molecule has 2 aromatic heterocycles. The van der Waals surface area contributed by atoms with Crippen LogP contribution < -0.4 is 0 Å². The topological polar surface area (TPSA) is 31.9 Å². The highest BCUT2D eigenvalue weighted by Crippen LogP contribution is 2.16. The minimum absolute atomic E-state index is 1.01. The molecule has 1 aliphatic rings. The first-order chi connectivity index (χ1) is 7.92. The third kappa shape index (κ3) is 1.95. The highest BCUT2D eigenvalue weighted by Gasteiger charge is 2.11. The lowest BCUT2D eigenvalue weighted by Gasteiger charge is -2.25.